The molecule has 0 aliphatic rings. The van der Waals surface area contributed by atoms with Gasteiger partial charge in [-0.25, -0.2) is 4.98 Å². The third-order valence-corrected chi connectivity index (χ3v) is 3.90. The first-order chi connectivity index (χ1) is 8.72. The van der Waals surface area contributed by atoms with Crippen LogP contribution in [0, 0.1) is 0 Å². The number of oxazole rings is 1. The van der Waals surface area contributed by atoms with Gasteiger partial charge >= 0.3 is 0 Å². The van der Waals surface area contributed by atoms with Crippen LogP contribution in [-0.2, 0) is 0 Å². The highest BCUT2D eigenvalue weighted by Crippen LogP contribution is 2.25. The van der Waals surface area contributed by atoms with Crippen LogP contribution in [-0.4, -0.2) is 35.3 Å². The van der Waals surface area contributed by atoms with E-state index in [-0.39, 0.29) is 0 Å². The van der Waals surface area contributed by atoms with Crippen molar-refractivity contribution in [3.8, 4) is 0 Å². The van der Waals surface area contributed by atoms with Gasteiger partial charge in [0.2, 0.25) is 0 Å². The summed E-state index contributed by atoms with van der Waals surface area (Å²) in [5.41, 5.74) is 1.62. The van der Waals surface area contributed by atoms with Crippen LogP contribution in [0.1, 0.15) is 13.8 Å². The van der Waals surface area contributed by atoms with Gasteiger partial charge in [0.05, 0.1) is 0 Å². The van der Waals surface area contributed by atoms with E-state index >= 15 is 0 Å². The predicted molar refractivity (Wildman–Crippen MR) is 77.5 cm³/mol. The summed E-state index contributed by atoms with van der Waals surface area (Å²) in [7, 11) is 0. The molecule has 0 amide bonds. The molecule has 0 aliphatic carbocycles. The minimum absolute atomic E-state index is 0.690. The molecule has 2 aromatic rings. The van der Waals surface area contributed by atoms with Crippen LogP contribution in [0.5, 0.6) is 0 Å². The van der Waals surface area contributed by atoms with E-state index in [2.05, 4.69) is 23.7 Å². The standard InChI is InChI=1S/C13H17ClN2OS/c1-3-16(4-2)7-8-18-13-15-11-9-10(14)5-6-12(11)17-13/h5-6,9H,3-4,7-8H2,1-2H3. The number of nitrogens with zero attached hydrogens (tertiary/aromatic N) is 2. The first kappa shape index (κ1) is 13.7. The second-order valence-electron chi connectivity index (χ2n) is 3.97. The maximum atomic E-state index is 5.92. The maximum absolute atomic E-state index is 5.92. The number of halogens is 1. The Morgan fingerprint density at radius 2 is 2.11 bits per heavy atom. The first-order valence-corrected chi connectivity index (χ1v) is 7.50. The Kier molecular flexibility index (Phi) is 4.92. The quantitative estimate of drug-likeness (QED) is 0.752. The Labute approximate surface area is 117 Å². The summed E-state index contributed by atoms with van der Waals surface area (Å²) in [5.74, 6) is 0.988. The van der Waals surface area contributed by atoms with Gasteiger partial charge in [0.25, 0.3) is 5.22 Å². The van der Waals surface area contributed by atoms with Gasteiger partial charge in [-0.3, -0.25) is 0 Å². The minimum Gasteiger partial charge on any atom is -0.431 e. The van der Waals surface area contributed by atoms with E-state index in [0.29, 0.717) is 5.02 Å². The summed E-state index contributed by atoms with van der Waals surface area (Å²) in [6.45, 7) is 7.57. The summed E-state index contributed by atoms with van der Waals surface area (Å²) in [5, 5.41) is 1.41. The molecule has 0 bridgehead atoms. The molecule has 0 spiro atoms. The summed E-state index contributed by atoms with van der Waals surface area (Å²) in [6, 6.07) is 5.51. The molecule has 0 aliphatic heterocycles. The summed E-state index contributed by atoms with van der Waals surface area (Å²) >= 11 is 7.56. The van der Waals surface area contributed by atoms with Gasteiger partial charge in [0.15, 0.2) is 5.58 Å². The van der Waals surface area contributed by atoms with Gasteiger partial charge in [-0.1, -0.05) is 37.2 Å². The predicted octanol–water partition coefficient (Wildman–Crippen LogP) is 3.92. The van der Waals surface area contributed by atoms with Crippen molar-refractivity contribution in [2.45, 2.75) is 19.1 Å². The number of thioether (sulfide) groups is 1. The summed E-state index contributed by atoms with van der Waals surface area (Å²) in [4.78, 5) is 6.80. The van der Waals surface area contributed by atoms with E-state index in [4.69, 9.17) is 16.0 Å². The lowest BCUT2D eigenvalue weighted by molar-refractivity contribution is 0.323. The second kappa shape index (κ2) is 6.45. The monoisotopic (exact) mass is 284 g/mol. The normalized spacial score (nSPS) is 11.6. The molecule has 0 atom stereocenters. The zero-order valence-corrected chi connectivity index (χ0v) is 12.2. The van der Waals surface area contributed by atoms with Gasteiger partial charge in [0.1, 0.15) is 5.52 Å². The van der Waals surface area contributed by atoms with E-state index < -0.39 is 0 Å². The number of rotatable bonds is 6. The fourth-order valence-corrected chi connectivity index (χ4v) is 2.75. The van der Waals surface area contributed by atoms with Crippen molar-refractivity contribution in [1.29, 1.82) is 0 Å². The molecule has 2 rings (SSSR count). The van der Waals surface area contributed by atoms with Crippen LogP contribution in [0.25, 0.3) is 11.1 Å². The Morgan fingerprint density at radius 1 is 1.33 bits per heavy atom. The van der Waals surface area contributed by atoms with Crippen molar-refractivity contribution >= 4 is 34.5 Å². The molecule has 1 heterocycles. The molecule has 3 nitrogen and oxygen atoms in total. The second-order valence-corrected chi connectivity index (χ2v) is 5.45. The fourth-order valence-electron chi connectivity index (χ4n) is 1.74. The van der Waals surface area contributed by atoms with Crippen LogP contribution in [0.3, 0.4) is 0 Å². The highest BCUT2D eigenvalue weighted by atomic mass is 35.5. The molecule has 0 saturated carbocycles. The Bertz CT molecular complexity index is 511. The zero-order valence-electron chi connectivity index (χ0n) is 10.6. The average Bonchev–Trinajstić information content (AvgIpc) is 2.76. The van der Waals surface area contributed by atoms with Crippen LogP contribution >= 0.6 is 23.4 Å². The maximum Gasteiger partial charge on any atom is 0.256 e. The van der Waals surface area contributed by atoms with Crippen molar-refractivity contribution in [1.82, 2.24) is 9.88 Å². The number of hydrogen-bond donors (Lipinski definition) is 0. The SMILES string of the molecule is CCN(CC)CCSc1nc2cc(Cl)ccc2o1. The smallest absolute Gasteiger partial charge is 0.256 e. The minimum atomic E-state index is 0.690. The molecule has 0 N–H and O–H groups in total. The number of hydrogen-bond acceptors (Lipinski definition) is 4. The van der Waals surface area contributed by atoms with Crippen molar-refractivity contribution < 1.29 is 4.42 Å². The number of aromatic nitrogens is 1. The Hall–Kier alpha value is -0.710. The van der Waals surface area contributed by atoms with Gasteiger partial charge in [-0.05, 0) is 31.3 Å². The van der Waals surface area contributed by atoms with Crippen LogP contribution in [0.15, 0.2) is 27.8 Å². The third-order valence-electron chi connectivity index (χ3n) is 2.86. The molecule has 0 unspecified atom stereocenters. The van der Waals surface area contributed by atoms with E-state index in [1.165, 1.54) is 0 Å². The van der Waals surface area contributed by atoms with Gasteiger partial charge in [-0.2, -0.15) is 0 Å². The van der Waals surface area contributed by atoms with Crippen LogP contribution < -0.4 is 0 Å². The molecule has 98 valence electrons. The number of benzene rings is 1. The van der Waals surface area contributed by atoms with Crippen molar-refractivity contribution in [2.24, 2.45) is 0 Å². The Morgan fingerprint density at radius 3 is 2.83 bits per heavy atom. The van der Waals surface area contributed by atoms with Gasteiger partial charge < -0.3 is 9.32 Å². The highest BCUT2D eigenvalue weighted by Gasteiger charge is 2.07. The topological polar surface area (TPSA) is 29.3 Å². The molecule has 0 radical (unpaired) electrons. The first-order valence-electron chi connectivity index (χ1n) is 6.14. The van der Waals surface area contributed by atoms with E-state index in [0.717, 1.165) is 41.7 Å². The molecule has 0 fully saturated rings. The number of fused-ring (bicyclic) bond motifs is 1. The molecule has 1 aromatic carbocycles. The van der Waals surface area contributed by atoms with Gasteiger partial charge in [0, 0.05) is 17.3 Å². The van der Waals surface area contributed by atoms with Crippen LogP contribution in [0.2, 0.25) is 5.02 Å². The van der Waals surface area contributed by atoms with E-state index in [1.54, 1.807) is 11.8 Å². The van der Waals surface area contributed by atoms with Crippen molar-refractivity contribution in [3.05, 3.63) is 23.2 Å². The lowest BCUT2D eigenvalue weighted by atomic mass is 10.3. The fraction of sp³-hybridized carbons (Fsp3) is 0.462. The average molecular weight is 285 g/mol. The van der Waals surface area contributed by atoms with E-state index in [1.807, 2.05) is 18.2 Å². The third kappa shape index (κ3) is 3.40. The molecule has 1 aromatic heterocycles. The highest BCUT2D eigenvalue weighted by molar-refractivity contribution is 7.99. The molecule has 0 saturated heterocycles. The summed E-state index contributed by atoms with van der Waals surface area (Å²) < 4.78 is 5.65. The molecular formula is C13H17ClN2OS. The van der Waals surface area contributed by atoms with Gasteiger partial charge in [-0.15, -0.1) is 0 Å². The molecule has 18 heavy (non-hydrogen) atoms. The van der Waals surface area contributed by atoms with Crippen LogP contribution in [0.4, 0.5) is 0 Å². The Balaban J connectivity index is 1.95. The summed E-state index contributed by atoms with van der Waals surface area (Å²) in [6.07, 6.45) is 0. The van der Waals surface area contributed by atoms with Crippen molar-refractivity contribution in [3.63, 3.8) is 0 Å². The molecule has 5 heteroatoms. The van der Waals surface area contributed by atoms with E-state index in [9.17, 15) is 0 Å². The zero-order chi connectivity index (χ0) is 13.0. The lowest BCUT2D eigenvalue weighted by Gasteiger charge is -2.16. The molecular weight excluding hydrogens is 268 g/mol. The largest absolute Gasteiger partial charge is 0.431 e. The van der Waals surface area contributed by atoms with Crippen molar-refractivity contribution in [2.75, 3.05) is 25.4 Å². The lowest BCUT2D eigenvalue weighted by Crippen LogP contribution is -2.25.